The van der Waals surface area contributed by atoms with Crippen molar-refractivity contribution in [1.29, 1.82) is 0 Å². The van der Waals surface area contributed by atoms with Crippen LogP contribution >= 0.6 is 24.8 Å². The average Bonchev–Trinajstić information content (AvgIpc) is 1.97. The zero-order valence-electron chi connectivity index (χ0n) is 7.92. The molecule has 1 rings (SSSR count). The van der Waals surface area contributed by atoms with Crippen molar-refractivity contribution < 1.29 is 0 Å². The van der Waals surface area contributed by atoms with Crippen molar-refractivity contribution in [2.24, 2.45) is 0 Å². The lowest BCUT2D eigenvalue weighted by molar-refractivity contribution is 1.16. The van der Waals surface area contributed by atoms with E-state index in [-0.39, 0.29) is 24.8 Å². The van der Waals surface area contributed by atoms with E-state index in [0.29, 0.717) is 5.82 Å². The highest BCUT2D eigenvalue weighted by Crippen LogP contribution is 2.21. The third-order valence-electron chi connectivity index (χ3n) is 2.03. The topological polar surface area (TPSA) is 64.9 Å². The largest absolute Gasteiger partial charge is 0.397 e. The molecule has 0 saturated heterocycles. The van der Waals surface area contributed by atoms with E-state index < -0.39 is 0 Å². The number of nitrogens with two attached hydrogens (primary N) is 2. The van der Waals surface area contributed by atoms with Gasteiger partial charge in [-0.1, -0.05) is 0 Å². The molecule has 0 bridgehead atoms. The number of hydrogen-bond donors (Lipinski definition) is 2. The van der Waals surface area contributed by atoms with Gasteiger partial charge in [-0.2, -0.15) is 0 Å². The quantitative estimate of drug-likeness (QED) is 0.708. The highest BCUT2D eigenvalue weighted by Gasteiger charge is 2.05. The molecular weight excluding hydrogens is 209 g/mol. The maximum Gasteiger partial charge on any atom is 0.126 e. The van der Waals surface area contributed by atoms with Crippen molar-refractivity contribution >= 4 is 36.3 Å². The Hall–Kier alpha value is -0.670. The molecule has 76 valence electrons. The molecule has 0 aliphatic rings. The summed E-state index contributed by atoms with van der Waals surface area (Å²) >= 11 is 0. The van der Waals surface area contributed by atoms with E-state index in [1.54, 1.807) is 0 Å². The molecule has 0 amide bonds. The first-order valence-corrected chi connectivity index (χ1v) is 3.52. The number of nitrogen functional groups attached to an aromatic ring is 2. The van der Waals surface area contributed by atoms with Crippen molar-refractivity contribution in [2.45, 2.75) is 20.8 Å². The smallest absolute Gasteiger partial charge is 0.126 e. The van der Waals surface area contributed by atoms with Crippen molar-refractivity contribution in [3.05, 3.63) is 16.8 Å². The molecule has 0 atom stereocenters. The fourth-order valence-electron chi connectivity index (χ4n) is 0.990. The maximum atomic E-state index is 5.73. The zero-order valence-corrected chi connectivity index (χ0v) is 9.55. The Balaban J connectivity index is 0. The van der Waals surface area contributed by atoms with Crippen LogP contribution in [0.5, 0.6) is 0 Å². The summed E-state index contributed by atoms with van der Waals surface area (Å²) in [4.78, 5) is 4.09. The Labute approximate surface area is 90.7 Å². The van der Waals surface area contributed by atoms with Gasteiger partial charge in [-0.15, -0.1) is 24.8 Å². The number of anilines is 2. The molecule has 0 fully saturated rings. The Kier molecular flexibility index (Phi) is 5.87. The van der Waals surface area contributed by atoms with E-state index in [2.05, 4.69) is 4.98 Å². The number of rotatable bonds is 0. The van der Waals surface area contributed by atoms with E-state index in [4.69, 9.17) is 11.5 Å². The summed E-state index contributed by atoms with van der Waals surface area (Å²) in [5.41, 5.74) is 14.9. The first-order chi connectivity index (χ1) is 5.04. The number of nitrogens with zero attached hydrogens (tertiary/aromatic N) is 1. The van der Waals surface area contributed by atoms with Crippen LogP contribution in [0.3, 0.4) is 0 Å². The predicted molar refractivity (Wildman–Crippen MR) is 61.8 cm³/mol. The zero-order chi connectivity index (χ0) is 8.59. The minimum Gasteiger partial charge on any atom is -0.397 e. The molecule has 0 radical (unpaired) electrons. The maximum absolute atomic E-state index is 5.73. The van der Waals surface area contributed by atoms with Crippen LogP contribution in [0.1, 0.15) is 16.8 Å². The molecule has 5 heteroatoms. The SMILES string of the molecule is Cc1nc(N)c(C)c(C)c1N.Cl.Cl. The summed E-state index contributed by atoms with van der Waals surface area (Å²) in [5.74, 6) is 0.578. The number of halogens is 2. The van der Waals surface area contributed by atoms with E-state index in [0.717, 1.165) is 22.5 Å². The molecule has 1 aromatic heterocycles. The minimum absolute atomic E-state index is 0. The van der Waals surface area contributed by atoms with Gasteiger partial charge in [0.1, 0.15) is 5.82 Å². The van der Waals surface area contributed by atoms with Crippen LogP contribution < -0.4 is 11.5 Å². The van der Waals surface area contributed by atoms with Gasteiger partial charge < -0.3 is 11.5 Å². The second-order valence-electron chi connectivity index (χ2n) is 2.75. The van der Waals surface area contributed by atoms with E-state index >= 15 is 0 Å². The summed E-state index contributed by atoms with van der Waals surface area (Å²) in [6.45, 7) is 5.74. The lowest BCUT2D eigenvalue weighted by Gasteiger charge is -2.08. The first kappa shape index (κ1) is 14.8. The van der Waals surface area contributed by atoms with Crippen molar-refractivity contribution in [3.63, 3.8) is 0 Å². The monoisotopic (exact) mass is 223 g/mol. The second-order valence-corrected chi connectivity index (χ2v) is 2.75. The number of aromatic nitrogens is 1. The lowest BCUT2D eigenvalue weighted by atomic mass is 10.1. The Morgan fingerprint density at radius 1 is 0.923 bits per heavy atom. The van der Waals surface area contributed by atoms with Gasteiger partial charge in [-0.25, -0.2) is 4.98 Å². The fraction of sp³-hybridized carbons (Fsp3) is 0.375. The highest BCUT2D eigenvalue weighted by molar-refractivity contribution is 5.85. The van der Waals surface area contributed by atoms with Gasteiger partial charge >= 0.3 is 0 Å². The normalized spacial score (nSPS) is 8.54. The van der Waals surface area contributed by atoms with Gasteiger partial charge in [0, 0.05) is 0 Å². The third kappa shape index (κ3) is 2.64. The molecule has 0 saturated carbocycles. The molecule has 0 spiro atoms. The van der Waals surface area contributed by atoms with E-state index in [1.165, 1.54) is 0 Å². The highest BCUT2D eigenvalue weighted by atomic mass is 35.5. The van der Waals surface area contributed by atoms with Crippen LogP contribution in [0.15, 0.2) is 0 Å². The summed E-state index contributed by atoms with van der Waals surface area (Å²) < 4.78 is 0. The molecule has 1 heterocycles. The van der Waals surface area contributed by atoms with Gasteiger partial charge in [0.2, 0.25) is 0 Å². The average molecular weight is 224 g/mol. The van der Waals surface area contributed by atoms with Gasteiger partial charge in [-0.3, -0.25) is 0 Å². The van der Waals surface area contributed by atoms with E-state index in [9.17, 15) is 0 Å². The van der Waals surface area contributed by atoms with Crippen molar-refractivity contribution in [3.8, 4) is 0 Å². The molecular formula is C8H15Cl2N3. The van der Waals surface area contributed by atoms with Gasteiger partial charge in [0.15, 0.2) is 0 Å². The van der Waals surface area contributed by atoms with Crippen LogP contribution in [-0.4, -0.2) is 4.98 Å². The van der Waals surface area contributed by atoms with Gasteiger partial charge in [0.05, 0.1) is 11.4 Å². The standard InChI is InChI=1S/C8H13N3.2ClH/c1-4-5(2)8(10)11-6(3)7(4)9;;/h9H2,1-3H3,(H2,10,11);2*1H. The molecule has 3 nitrogen and oxygen atoms in total. The van der Waals surface area contributed by atoms with Gasteiger partial charge in [-0.05, 0) is 31.9 Å². The van der Waals surface area contributed by atoms with Crippen molar-refractivity contribution in [1.82, 2.24) is 4.98 Å². The second kappa shape index (κ2) is 5.14. The summed E-state index contributed by atoms with van der Waals surface area (Å²) in [6, 6.07) is 0. The number of pyridine rings is 1. The molecule has 0 unspecified atom stereocenters. The van der Waals surface area contributed by atoms with Crippen LogP contribution in [0, 0.1) is 20.8 Å². The van der Waals surface area contributed by atoms with Crippen LogP contribution in [0.25, 0.3) is 0 Å². The number of aryl methyl sites for hydroxylation is 1. The molecule has 13 heavy (non-hydrogen) atoms. The fourth-order valence-corrected chi connectivity index (χ4v) is 0.990. The summed E-state index contributed by atoms with van der Waals surface area (Å²) in [7, 11) is 0. The van der Waals surface area contributed by atoms with Crippen LogP contribution in [-0.2, 0) is 0 Å². The predicted octanol–water partition coefficient (Wildman–Crippen LogP) is 2.01. The first-order valence-electron chi connectivity index (χ1n) is 3.52. The number of hydrogen-bond acceptors (Lipinski definition) is 3. The third-order valence-corrected chi connectivity index (χ3v) is 2.03. The van der Waals surface area contributed by atoms with Crippen LogP contribution in [0.4, 0.5) is 11.5 Å². The Bertz CT molecular complexity index is 274. The van der Waals surface area contributed by atoms with E-state index in [1.807, 2.05) is 20.8 Å². The Morgan fingerprint density at radius 3 is 1.85 bits per heavy atom. The minimum atomic E-state index is 0. The lowest BCUT2D eigenvalue weighted by Crippen LogP contribution is -2.03. The molecule has 0 aliphatic carbocycles. The summed E-state index contributed by atoms with van der Waals surface area (Å²) in [6.07, 6.45) is 0. The summed E-state index contributed by atoms with van der Waals surface area (Å²) in [5, 5.41) is 0. The molecule has 1 aromatic rings. The van der Waals surface area contributed by atoms with Crippen molar-refractivity contribution in [2.75, 3.05) is 11.5 Å². The Morgan fingerprint density at radius 2 is 1.38 bits per heavy atom. The molecule has 4 N–H and O–H groups in total. The molecule has 0 aromatic carbocycles. The van der Waals surface area contributed by atoms with Crippen LogP contribution in [0.2, 0.25) is 0 Å². The van der Waals surface area contributed by atoms with Gasteiger partial charge in [0.25, 0.3) is 0 Å². The molecule has 0 aliphatic heterocycles.